The minimum absolute atomic E-state index is 0.0176. The molecule has 0 aliphatic carbocycles. The van der Waals surface area contributed by atoms with Crippen LogP contribution in [0.2, 0.25) is 0 Å². The summed E-state index contributed by atoms with van der Waals surface area (Å²) in [5, 5.41) is 4.43. The Labute approximate surface area is 176 Å². The number of pyridine rings is 1. The van der Waals surface area contributed by atoms with E-state index >= 15 is 0 Å². The van der Waals surface area contributed by atoms with E-state index < -0.39 is 0 Å². The van der Waals surface area contributed by atoms with Gasteiger partial charge in [0.05, 0.1) is 36.7 Å². The number of aromatic nitrogens is 3. The Kier molecular flexibility index (Phi) is 4.87. The Morgan fingerprint density at radius 3 is 3.00 bits per heavy atom. The fourth-order valence-corrected chi connectivity index (χ4v) is 4.33. The fourth-order valence-electron chi connectivity index (χ4n) is 4.33. The van der Waals surface area contributed by atoms with Crippen LogP contribution in [-0.4, -0.2) is 34.3 Å². The molecule has 2 aliphatic rings. The summed E-state index contributed by atoms with van der Waals surface area (Å²) in [6.07, 6.45) is 4.99. The lowest BCUT2D eigenvalue weighted by molar-refractivity contribution is 0.161. The molecular weight excluding hydrogens is 374 g/mol. The van der Waals surface area contributed by atoms with Crippen molar-refractivity contribution in [3.05, 3.63) is 64.4 Å². The van der Waals surface area contributed by atoms with Gasteiger partial charge in [-0.25, -0.2) is 0 Å². The standard InChI is InChI=1S/C24H27N5O/c1-15-5-4-6-19(16(15)2)17(3)27-23-20-13-21(18-7-11-30-12-8-18)26-14-22(20)29-10-9-25-24(29)28-23/h4-7,13-14,17H,8-12H2,1-3H3,(H,25,27,28). The van der Waals surface area contributed by atoms with E-state index in [-0.39, 0.29) is 6.04 Å². The summed E-state index contributed by atoms with van der Waals surface area (Å²) in [5.74, 6) is 0.870. The summed E-state index contributed by atoms with van der Waals surface area (Å²) in [5.41, 5.74) is 7.91. The summed E-state index contributed by atoms with van der Waals surface area (Å²) in [6.45, 7) is 9.62. The summed E-state index contributed by atoms with van der Waals surface area (Å²) >= 11 is 0. The maximum atomic E-state index is 5.47. The van der Waals surface area contributed by atoms with Crippen LogP contribution in [-0.2, 0) is 11.3 Å². The number of ether oxygens (including phenoxy) is 1. The van der Waals surface area contributed by atoms with Crippen molar-refractivity contribution in [3.8, 4) is 0 Å². The molecule has 1 N–H and O–H groups in total. The number of rotatable bonds is 3. The number of fused-ring (bicyclic) bond motifs is 3. The molecule has 0 saturated heterocycles. The largest absolute Gasteiger partial charge is 0.377 e. The van der Waals surface area contributed by atoms with Gasteiger partial charge in [-0.3, -0.25) is 9.98 Å². The first-order valence-electron chi connectivity index (χ1n) is 10.6. The monoisotopic (exact) mass is 401 g/mol. The predicted octanol–water partition coefficient (Wildman–Crippen LogP) is 3.94. The lowest BCUT2D eigenvalue weighted by atomic mass is 9.99. The van der Waals surface area contributed by atoms with Crippen molar-refractivity contribution < 1.29 is 4.74 Å². The third-order valence-corrected chi connectivity index (χ3v) is 6.21. The number of nitrogens with one attached hydrogen (secondary N) is 1. The molecule has 6 heteroatoms. The average Bonchev–Trinajstić information content (AvgIpc) is 3.24. The van der Waals surface area contributed by atoms with Crippen molar-refractivity contribution in [2.45, 2.75) is 39.8 Å². The minimum Gasteiger partial charge on any atom is -0.377 e. The predicted molar refractivity (Wildman–Crippen MR) is 119 cm³/mol. The molecular formula is C24H27N5O. The first kappa shape index (κ1) is 19.0. The van der Waals surface area contributed by atoms with E-state index in [4.69, 9.17) is 19.7 Å². The van der Waals surface area contributed by atoms with Crippen LogP contribution in [0.4, 0.5) is 5.95 Å². The normalized spacial score (nSPS) is 17.6. The first-order chi connectivity index (χ1) is 14.6. The van der Waals surface area contributed by atoms with Crippen LogP contribution in [0.15, 0.2) is 41.5 Å². The first-order valence-corrected chi connectivity index (χ1v) is 10.6. The Bertz CT molecular complexity index is 1220. The number of benzene rings is 1. The zero-order chi connectivity index (χ0) is 20.7. The molecule has 154 valence electrons. The highest BCUT2D eigenvalue weighted by Gasteiger charge is 2.18. The van der Waals surface area contributed by atoms with Gasteiger partial charge in [-0.2, -0.15) is 4.98 Å². The van der Waals surface area contributed by atoms with Gasteiger partial charge in [0.2, 0.25) is 5.95 Å². The van der Waals surface area contributed by atoms with Gasteiger partial charge < -0.3 is 14.6 Å². The number of hydrogen-bond acceptors (Lipinski definition) is 5. The molecule has 0 bridgehead atoms. The average molecular weight is 402 g/mol. The summed E-state index contributed by atoms with van der Waals surface area (Å²) in [4.78, 5) is 14.8. The Morgan fingerprint density at radius 1 is 1.27 bits per heavy atom. The van der Waals surface area contributed by atoms with E-state index in [9.17, 15) is 0 Å². The molecule has 1 aromatic carbocycles. The van der Waals surface area contributed by atoms with Gasteiger partial charge in [-0.05, 0) is 55.5 Å². The van der Waals surface area contributed by atoms with Crippen LogP contribution >= 0.6 is 0 Å². The lowest BCUT2D eigenvalue weighted by Gasteiger charge is -2.15. The Morgan fingerprint density at radius 2 is 2.17 bits per heavy atom. The van der Waals surface area contributed by atoms with Crippen LogP contribution < -0.4 is 10.8 Å². The van der Waals surface area contributed by atoms with E-state index in [0.717, 1.165) is 54.2 Å². The highest BCUT2D eigenvalue weighted by molar-refractivity contribution is 5.82. The molecule has 4 heterocycles. The van der Waals surface area contributed by atoms with Gasteiger partial charge in [-0.15, -0.1) is 0 Å². The molecule has 1 atom stereocenters. The van der Waals surface area contributed by atoms with Crippen molar-refractivity contribution in [1.82, 2.24) is 14.5 Å². The molecule has 2 aromatic heterocycles. The van der Waals surface area contributed by atoms with E-state index in [1.54, 1.807) is 0 Å². The topological polar surface area (TPSA) is 64.3 Å². The van der Waals surface area contributed by atoms with E-state index in [1.165, 1.54) is 22.3 Å². The molecule has 0 amide bonds. The third-order valence-electron chi connectivity index (χ3n) is 6.21. The van der Waals surface area contributed by atoms with Crippen molar-refractivity contribution in [2.24, 2.45) is 4.99 Å². The Balaban J connectivity index is 1.70. The third kappa shape index (κ3) is 3.31. The molecule has 0 saturated carbocycles. The molecule has 1 unspecified atom stereocenters. The van der Waals surface area contributed by atoms with Crippen LogP contribution in [0.3, 0.4) is 0 Å². The summed E-state index contributed by atoms with van der Waals surface area (Å²) in [7, 11) is 0. The van der Waals surface area contributed by atoms with Crippen LogP contribution in [0.1, 0.15) is 41.8 Å². The fraction of sp³-hybridized carbons (Fsp3) is 0.375. The molecule has 0 spiro atoms. The number of hydrogen-bond donors (Lipinski definition) is 1. The molecule has 2 aliphatic heterocycles. The minimum atomic E-state index is 0.0176. The summed E-state index contributed by atoms with van der Waals surface area (Å²) < 4.78 is 7.67. The van der Waals surface area contributed by atoms with E-state index in [0.29, 0.717) is 6.61 Å². The van der Waals surface area contributed by atoms with Gasteiger partial charge in [0.15, 0.2) is 5.49 Å². The molecule has 30 heavy (non-hydrogen) atoms. The molecule has 0 radical (unpaired) electrons. The number of nitrogens with zero attached hydrogens (tertiary/aromatic N) is 4. The second kappa shape index (κ2) is 7.69. The summed E-state index contributed by atoms with van der Waals surface area (Å²) in [6, 6.07) is 8.59. The van der Waals surface area contributed by atoms with Gasteiger partial charge >= 0.3 is 0 Å². The zero-order valence-corrected chi connectivity index (χ0v) is 17.8. The lowest BCUT2D eigenvalue weighted by Crippen LogP contribution is -2.17. The molecule has 5 rings (SSSR count). The van der Waals surface area contributed by atoms with Gasteiger partial charge in [0.25, 0.3) is 0 Å². The highest BCUT2D eigenvalue weighted by atomic mass is 16.5. The van der Waals surface area contributed by atoms with Gasteiger partial charge in [0, 0.05) is 18.5 Å². The van der Waals surface area contributed by atoms with Crippen molar-refractivity contribution >= 4 is 22.4 Å². The van der Waals surface area contributed by atoms with Gasteiger partial charge in [-0.1, -0.05) is 24.3 Å². The van der Waals surface area contributed by atoms with Crippen molar-refractivity contribution in [3.63, 3.8) is 0 Å². The molecule has 0 fully saturated rings. The van der Waals surface area contributed by atoms with Crippen LogP contribution in [0.25, 0.3) is 16.5 Å². The maximum Gasteiger partial charge on any atom is 0.205 e. The maximum absolute atomic E-state index is 5.47. The van der Waals surface area contributed by atoms with Crippen molar-refractivity contribution in [2.75, 3.05) is 25.1 Å². The molecule has 6 nitrogen and oxygen atoms in total. The van der Waals surface area contributed by atoms with Crippen LogP contribution in [0, 0.1) is 13.8 Å². The number of anilines is 1. The van der Waals surface area contributed by atoms with E-state index in [1.807, 2.05) is 6.20 Å². The highest BCUT2D eigenvalue weighted by Crippen LogP contribution is 2.26. The number of aryl methyl sites for hydroxylation is 1. The SMILES string of the molecule is Cc1cccc(C(C)N=c2nc3n(c4cnc(C5=CCOCC5)cc24)CCN3)c1C. The van der Waals surface area contributed by atoms with E-state index in [2.05, 4.69) is 61.0 Å². The second-order valence-corrected chi connectivity index (χ2v) is 8.07. The Hall–Kier alpha value is -2.99. The van der Waals surface area contributed by atoms with Crippen molar-refractivity contribution in [1.29, 1.82) is 0 Å². The second-order valence-electron chi connectivity index (χ2n) is 8.07. The zero-order valence-electron chi connectivity index (χ0n) is 17.8. The smallest absolute Gasteiger partial charge is 0.205 e. The van der Waals surface area contributed by atoms with Gasteiger partial charge in [0.1, 0.15) is 0 Å². The van der Waals surface area contributed by atoms with Crippen LogP contribution in [0.5, 0.6) is 0 Å². The molecule has 3 aromatic rings. The quantitative estimate of drug-likeness (QED) is 0.722.